The smallest absolute Gasteiger partial charge is 0.338 e. The first kappa shape index (κ1) is 18.5. The van der Waals surface area contributed by atoms with Gasteiger partial charge in [0.15, 0.2) is 5.78 Å². The molecule has 0 spiro atoms. The lowest BCUT2D eigenvalue weighted by molar-refractivity contribution is -0.157. The van der Waals surface area contributed by atoms with Crippen LogP contribution in [0.2, 0.25) is 0 Å². The van der Waals surface area contributed by atoms with E-state index in [9.17, 15) is 19.2 Å². The molecule has 132 valence electrons. The second-order valence-electron chi connectivity index (χ2n) is 5.80. The van der Waals surface area contributed by atoms with Gasteiger partial charge in [-0.3, -0.25) is 9.59 Å². The summed E-state index contributed by atoms with van der Waals surface area (Å²) in [4.78, 5) is 46.8. The first-order valence-electron chi connectivity index (χ1n) is 7.96. The van der Waals surface area contributed by atoms with E-state index >= 15 is 0 Å². The van der Waals surface area contributed by atoms with Crippen LogP contribution in [0, 0.1) is 0 Å². The fraction of sp³-hybridized carbons (Fsp3) is 0.333. The molecule has 1 aromatic carbocycles. The fourth-order valence-electron chi connectivity index (χ4n) is 2.46. The van der Waals surface area contributed by atoms with Gasteiger partial charge in [-0.2, -0.15) is 0 Å². The Bertz CT molecular complexity index is 715. The number of allylic oxidation sites excluding steroid dienone is 1. The Hall–Kier alpha value is -2.80. The molecule has 0 radical (unpaired) electrons. The Kier molecular flexibility index (Phi) is 6.19. The van der Waals surface area contributed by atoms with E-state index in [-0.39, 0.29) is 17.3 Å². The normalized spacial score (nSPS) is 17.0. The molecule has 0 unspecified atom stereocenters. The maximum absolute atomic E-state index is 12.3. The minimum atomic E-state index is -0.862. The number of Topliss-reactive ketones (excluding diaryl/α,β-unsaturated/α-hetero) is 1. The molecule has 25 heavy (non-hydrogen) atoms. The predicted molar refractivity (Wildman–Crippen MR) is 91.0 cm³/mol. The van der Waals surface area contributed by atoms with Crippen molar-refractivity contribution in [2.75, 3.05) is 11.9 Å². The minimum Gasteiger partial charge on any atom is -0.389 e. The molecule has 7 nitrogen and oxygen atoms in total. The number of esters is 2. The molecule has 1 aliphatic heterocycles. The van der Waals surface area contributed by atoms with Crippen LogP contribution >= 0.6 is 0 Å². The summed E-state index contributed by atoms with van der Waals surface area (Å²) in [6.07, 6.45) is 2.50. The molecule has 2 N–H and O–H groups in total. The van der Waals surface area contributed by atoms with Crippen molar-refractivity contribution in [3.8, 4) is 0 Å². The Morgan fingerprint density at radius 3 is 2.40 bits per heavy atom. The lowest BCUT2D eigenvalue weighted by atomic mass is 10.0. The second-order valence-corrected chi connectivity index (χ2v) is 5.80. The van der Waals surface area contributed by atoms with Crippen molar-refractivity contribution in [2.24, 2.45) is 0 Å². The highest BCUT2D eigenvalue weighted by molar-refractivity contribution is 6.11. The number of carbonyl (C=O) groups is 4. The summed E-state index contributed by atoms with van der Waals surface area (Å²) in [6, 6.07) is 5.81. The Morgan fingerprint density at radius 2 is 1.84 bits per heavy atom. The zero-order valence-corrected chi connectivity index (χ0v) is 14.1. The number of amides is 1. The summed E-state index contributed by atoms with van der Waals surface area (Å²) < 4.78 is 4.74. The number of hydrogen-bond donors (Lipinski definition) is 2. The Morgan fingerprint density at radius 1 is 1.16 bits per heavy atom. The van der Waals surface area contributed by atoms with Gasteiger partial charge in [0.1, 0.15) is 6.04 Å². The van der Waals surface area contributed by atoms with Crippen LogP contribution < -0.4 is 10.6 Å². The van der Waals surface area contributed by atoms with Crippen molar-refractivity contribution in [2.45, 2.75) is 32.7 Å². The lowest BCUT2D eigenvalue weighted by Crippen LogP contribution is -2.33. The summed E-state index contributed by atoms with van der Waals surface area (Å²) in [6.45, 7) is 3.58. The highest BCUT2D eigenvalue weighted by Crippen LogP contribution is 2.14. The first-order chi connectivity index (χ1) is 11.9. The third-order valence-electron chi connectivity index (χ3n) is 3.71. The van der Waals surface area contributed by atoms with Crippen molar-refractivity contribution in [3.05, 3.63) is 41.5 Å². The molecule has 1 fully saturated rings. The quantitative estimate of drug-likeness (QED) is 0.364. The molecule has 1 saturated heterocycles. The molecule has 1 amide bonds. The molecule has 0 bridgehead atoms. The van der Waals surface area contributed by atoms with Crippen molar-refractivity contribution in [1.29, 1.82) is 0 Å². The molecular weight excluding hydrogens is 324 g/mol. The molecule has 7 heteroatoms. The maximum Gasteiger partial charge on any atom is 0.338 e. The number of benzene rings is 1. The van der Waals surface area contributed by atoms with Gasteiger partial charge in [-0.25, -0.2) is 9.59 Å². The van der Waals surface area contributed by atoms with Crippen LogP contribution in [-0.2, 0) is 19.1 Å². The van der Waals surface area contributed by atoms with Gasteiger partial charge in [0.2, 0.25) is 5.91 Å². The summed E-state index contributed by atoms with van der Waals surface area (Å²) in [5.41, 5.74) is 1.09. The Balaban J connectivity index is 1.97. The molecule has 2 rings (SSSR count). The van der Waals surface area contributed by atoms with Crippen LogP contribution in [0.3, 0.4) is 0 Å². The van der Waals surface area contributed by atoms with E-state index in [1.165, 1.54) is 13.8 Å². The second kappa shape index (κ2) is 8.34. The molecule has 1 heterocycles. The summed E-state index contributed by atoms with van der Waals surface area (Å²) in [5, 5.41) is 5.54. The molecule has 0 aliphatic carbocycles. The van der Waals surface area contributed by atoms with E-state index in [1.54, 1.807) is 24.3 Å². The third kappa shape index (κ3) is 5.36. The van der Waals surface area contributed by atoms with Crippen LogP contribution in [0.5, 0.6) is 0 Å². The molecule has 0 aromatic heterocycles. The van der Waals surface area contributed by atoms with Gasteiger partial charge in [0, 0.05) is 29.8 Å². The number of carbonyl (C=O) groups excluding carboxylic acids is 4. The van der Waals surface area contributed by atoms with E-state index in [0.717, 1.165) is 19.0 Å². The van der Waals surface area contributed by atoms with E-state index in [4.69, 9.17) is 4.74 Å². The number of rotatable bonds is 5. The molecule has 1 aromatic rings. The zero-order chi connectivity index (χ0) is 18.4. The fourth-order valence-corrected chi connectivity index (χ4v) is 2.46. The summed E-state index contributed by atoms with van der Waals surface area (Å²) in [7, 11) is 0. The van der Waals surface area contributed by atoms with E-state index in [0.29, 0.717) is 17.7 Å². The van der Waals surface area contributed by atoms with Crippen molar-refractivity contribution < 1.29 is 23.9 Å². The number of ether oxygens (including phenoxy) is 1. The van der Waals surface area contributed by atoms with Crippen LogP contribution in [0.15, 0.2) is 35.9 Å². The molecule has 0 saturated carbocycles. The monoisotopic (exact) mass is 344 g/mol. The minimum absolute atomic E-state index is 0.157. The first-order valence-corrected chi connectivity index (χ1v) is 7.96. The van der Waals surface area contributed by atoms with E-state index in [2.05, 4.69) is 10.6 Å². The summed E-state index contributed by atoms with van der Waals surface area (Å²) >= 11 is 0. The molecular formula is C18H20N2O5. The largest absolute Gasteiger partial charge is 0.389 e. The zero-order valence-electron chi connectivity index (χ0n) is 14.1. The third-order valence-corrected chi connectivity index (χ3v) is 3.71. The molecule has 1 aliphatic rings. The highest BCUT2D eigenvalue weighted by atomic mass is 16.6. The highest BCUT2D eigenvalue weighted by Gasteiger charge is 2.25. The Labute approximate surface area is 145 Å². The van der Waals surface area contributed by atoms with Crippen molar-refractivity contribution in [1.82, 2.24) is 5.32 Å². The van der Waals surface area contributed by atoms with Gasteiger partial charge in [-0.15, -0.1) is 0 Å². The van der Waals surface area contributed by atoms with Crippen LogP contribution in [0.4, 0.5) is 5.69 Å². The van der Waals surface area contributed by atoms with Gasteiger partial charge in [0.05, 0.1) is 0 Å². The lowest BCUT2D eigenvalue weighted by Gasteiger charge is -2.08. The van der Waals surface area contributed by atoms with Crippen molar-refractivity contribution >= 4 is 29.3 Å². The topological polar surface area (TPSA) is 102 Å². The van der Waals surface area contributed by atoms with Crippen LogP contribution in [0.1, 0.15) is 37.0 Å². The van der Waals surface area contributed by atoms with E-state index in [1.807, 2.05) is 0 Å². The SMILES string of the molecule is CC(=O)Nc1ccc(C(=O)C(C)=CC(=O)OC(=O)[C@@H]2CCCN2)cc1. The molecule has 1 atom stereocenters. The average Bonchev–Trinajstić information content (AvgIpc) is 3.08. The number of nitrogens with one attached hydrogen (secondary N) is 2. The average molecular weight is 344 g/mol. The predicted octanol–water partition coefficient (Wildman–Crippen LogP) is 1.60. The van der Waals surface area contributed by atoms with Gasteiger partial charge in [-0.05, 0) is 50.6 Å². The van der Waals surface area contributed by atoms with Gasteiger partial charge >= 0.3 is 11.9 Å². The summed E-state index contributed by atoms with van der Waals surface area (Å²) in [5.74, 6) is -2.06. The van der Waals surface area contributed by atoms with Gasteiger partial charge in [0.25, 0.3) is 0 Å². The number of anilines is 1. The van der Waals surface area contributed by atoms with Crippen LogP contribution in [0.25, 0.3) is 0 Å². The standard InChI is InChI=1S/C18H20N2O5/c1-11(10-16(22)25-18(24)15-4-3-9-19-15)17(23)13-5-7-14(8-6-13)20-12(2)21/h5-8,10,15,19H,3-4,9H2,1-2H3,(H,20,21)/t15-/m0/s1. The van der Waals surface area contributed by atoms with Crippen LogP contribution in [-0.4, -0.2) is 36.2 Å². The number of hydrogen-bond acceptors (Lipinski definition) is 6. The van der Waals surface area contributed by atoms with Crippen molar-refractivity contribution in [3.63, 3.8) is 0 Å². The maximum atomic E-state index is 12.3. The van der Waals surface area contributed by atoms with Gasteiger partial charge < -0.3 is 15.4 Å². The van der Waals surface area contributed by atoms with Gasteiger partial charge in [-0.1, -0.05) is 0 Å². The van der Waals surface area contributed by atoms with E-state index < -0.39 is 18.0 Å². The number of ketones is 1.